The molecule has 0 radical (unpaired) electrons. The summed E-state index contributed by atoms with van der Waals surface area (Å²) in [6.45, 7) is 4.71. The molecule has 1 atom stereocenters. The van der Waals surface area contributed by atoms with Gasteiger partial charge in [0.25, 0.3) is 0 Å². The van der Waals surface area contributed by atoms with Gasteiger partial charge in [0.2, 0.25) is 5.16 Å². The summed E-state index contributed by atoms with van der Waals surface area (Å²) in [5.41, 5.74) is 6.79. The summed E-state index contributed by atoms with van der Waals surface area (Å²) in [6.07, 6.45) is 0.890. The van der Waals surface area contributed by atoms with Crippen LogP contribution in [-0.2, 0) is 6.42 Å². The minimum Gasteiger partial charge on any atom is -0.496 e. The van der Waals surface area contributed by atoms with Crippen molar-refractivity contribution in [2.45, 2.75) is 30.8 Å². The Morgan fingerprint density at radius 2 is 1.93 bits per heavy atom. The van der Waals surface area contributed by atoms with Gasteiger partial charge in [-0.05, 0) is 25.0 Å². The van der Waals surface area contributed by atoms with Crippen LogP contribution in [-0.4, -0.2) is 28.6 Å². The minimum atomic E-state index is -0.00396. The predicted octanol–water partition coefficient (Wildman–Crippen LogP) is 4.26. The monoisotopic (exact) mass is 382 g/mol. The average molecular weight is 382 g/mol. The van der Waals surface area contributed by atoms with Gasteiger partial charge >= 0.3 is 0 Å². The first-order valence-corrected chi connectivity index (χ1v) is 9.90. The van der Waals surface area contributed by atoms with Crippen LogP contribution in [0.25, 0.3) is 11.4 Å². The molecule has 1 aliphatic rings. The Morgan fingerprint density at radius 1 is 1.11 bits per heavy atom. The molecule has 2 aromatic carbocycles. The maximum atomic E-state index is 5.90. The van der Waals surface area contributed by atoms with Crippen molar-refractivity contribution in [2.24, 2.45) is 0 Å². The molecule has 1 aromatic heterocycles. The van der Waals surface area contributed by atoms with E-state index in [4.69, 9.17) is 9.47 Å². The molecule has 140 valence electrons. The van der Waals surface area contributed by atoms with E-state index in [1.165, 1.54) is 0 Å². The fourth-order valence-corrected chi connectivity index (χ4v) is 4.21. The zero-order chi connectivity index (χ0) is 18.8. The smallest absolute Gasteiger partial charge is 0.212 e. The summed E-state index contributed by atoms with van der Waals surface area (Å²) >= 11 is 1.63. The van der Waals surface area contributed by atoms with Crippen molar-refractivity contribution in [2.75, 3.05) is 19.1 Å². The molecule has 1 aliphatic heterocycles. The Balaban J connectivity index is 1.70. The summed E-state index contributed by atoms with van der Waals surface area (Å²) in [7, 11) is 1.69. The molecule has 0 spiro atoms. The fourth-order valence-electron chi connectivity index (χ4n) is 3.20. The maximum Gasteiger partial charge on any atom is 0.212 e. The number of aromatic nitrogens is 3. The second kappa shape index (κ2) is 7.52. The standard InChI is InChI=1S/C20H22N4O2S/c1-4-13-11-15(17(26-5-2)12-16(13)25-3)19-23-24-18(21-22-20(24)27-19)14-9-7-6-8-10-14/h6-12,19,23H,4-5H2,1-3H3. The molecular formula is C20H22N4O2S. The van der Waals surface area contributed by atoms with Crippen LogP contribution in [0.3, 0.4) is 0 Å². The topological polar surface area (TPSA) is 61.2 Å². The SMILES string of the molecule is CCOc1cc(OC)c(CC)cc1C1Nn2c(nnc2-c2ccccc2)S1. The van der Waals surface area contributed by atoms with E-state index in [1.807, 2.05) is 48.0 Å². The van der Waals surface area contributed by atoms with Gasteiger partial charge < -0.3 is 14.9 Å². The van der Waals surface area contributed by atoms with E-state index in [-0.39, 0.29) is 5.37 Å². The molecule has 6 nitrogen and oxygen atoms in total. The van der Waals surface area contributed by atoms with Gasteiger partial charge in [0.15, 0.2) is 5.82 Å². The van der Waals surface area contributed by atoms with E-state index < -0.39 is 0 Å². The van der Waals surface area contributed by atoms with E-state index in [2.05, 4.69) is 28.6 Å². The maximum absolute atomic E-state index is 5.90. The van der Waals surface area contributed by atoms with Gasteiger partial charge in [-0.2, -0.15) is 0 Å². The van der Waals surface area contributed by atoms with Crippen molar-refractivity contribution in [1.82, 2.24) is 14.9 Å². The molecular weight excluding hydrogens is 360 g/mol. The van der Waals surface area contributed by atoms with Crippen LogP contribution in [0.1, 0.15) is 30.3 Å². The van der Waals surface area contributed by atoms with Crippen molar-refractivity contribution in [3.63, 3.8) is 0 Å². The van der Waals surface area contributed by atoms with Crippen molar-refractivity contribution < 1.29 is 9.47 Å². The Hall–Kier alpha value is -2.67. The molecule has 3 aromatic rings. The van der Waals surface area contributed by atoms with E-state index in [0.29, 0.717) is 6.61 Å². The number of nitrogens with zero attached hydrogens (tertiary/aromatic N) is 3. The molecule has 0 aliphatic carbocycles. The highest BCUT2D eigenvalue weighted by molar-refractivity contribution is 7.99. The highest BCUT2D eigenvalue weighted by atomic mass is 32.2. The quantitative estimate of drug-likeness (QED) is 0.687. The van der Waals surface area contributed by atoms with Crippen LogP contribution in [0.15, 0.2) is 47.6 Å². The molecule has 0 bridgehead atoms. The molecule has 0 fully saturated rings. The van der Waals surface area contributed by atoms with Gasteiger partial charge in [-0.1, -0.05) is 49.0 Å². The van der Waals surface area contributed by atoms with E-state index in [0.717, 1.165) is 45.6 Å². The van der Waals surface area contributed by atoms with Crippen LogP contribution in [0.2, 0.25) is 0 Å². The molecule has 1 N–H and O–H groups in total. The number of hydrogen-bond donors (Lipinski definition) is 1. The molecule has 0 saturated heterocycles. The summed E-state index contributed by atoms with van der Waals surface area (Å²) in [5, 5.41) is 9.52. The fraction of sp³-hybridized carbons (Fsp3) is 0.300. The zero-order valence-corrected chi connectivity index (χ0v) is 16.4. The number of methoxy groups -OCH3 is 1. The average Bonchev–Trinajstić information content (AvgIpc) is 3.29. The lowest BCUT2D eigenvalue weighted by molar-refractivity contribution is 0.332. The van der Waals surface area contributed by atoms with E-state index >= 15 is 0 Å². The molecule has 0 amide bonds. The van der Waals surface area contributed by atoms with Crippen molar-refractivity contribution >= 4 is 11.8 Å². The number of hydrogen-bond acceptors (Lipinski definition) is 6. The highest BCUT2D eigenvalue weighted by Crippen LogP contribution is 2.45. The summed E-state index contributed by atoms with van der Waals surface area (Å²) in [5.74, 6) is 2.50. The number of nitrogens with one attached hydrogen (secondary N) is 1. The van der Waals surface area contributed by atoms with Crippen molar-refractivity contribution in [3.05, 3.63) is 53.6 Å². The number of fused-ring (bicyclic) bond motifs is 1. The lowest BCUT2D eigenvalue weighted by atomic mass is 10.1. The van der Waals surface area contributed by atoms with Gasteiger partial charge in [-0.3, -0.25) is 0 Å². The van der Waals surface area contributed by atoms with Gasteiger partial charge in [0.05, 0.1) is 13.7 Å². The summed E-state index contributed by atoms with van der Waals surface area (Å²) in [6, 6.07) is 14.2. The third-order valence-electron chi connectivity index (χ3n) is 4.51. The molecule has 0 saturated carbocycles. The molecule has 1 unspecified atom stereocenters. The molecule has 27 heavy (non-hydrogen) atoms. The number of ether oxygens (including phenoxy) is 2. The number of rotatable bonds is 6. The first-order valence-electron chi connectivity index (χ1n) is 9.02. The van der Waals surface area contributed by atoms with Crippen LogP contribution >= 0.6 is 11.8 Å². The third kappa shape index (κ3) is 3.23. The van der Waals surface area contributed by atoms with Gasteiger partial charge in [0.1, 0.15) is 16.9 Å². The Bertz CT molecular complexity index is 943. The van der Waals surface area contributed by atoms with Gasteiger partial charge in [-0.15, -0.1) is 10.2 Å². The Kier molecular flexibility index (Phi) is 4.94. The number of aryl methyl sites for hydroxylation is 1. The molecule has 4 rings (SSSR count). The zero-order valence-electron chi connectivity index (χ0n) is 15.6. The second-order valence-electron chi connectivity index (χ2n) is 6.12. The predicted molar refractivity (Wildman–Crippen MR) is 107 cm³/mol. The Labute approximate surface area is 162 Å². The highest BCUT2D eigenvalue weighted by Gasteiger charge is 2.30. The summed E-state index contributed by atoms with van der Waals surface area (Å²) < 4.78 is 13.4. The molecule has 2 heterocycles. The Morgan fingerprint density at radius 3 is 2.63 bits per heavy atom. The van der Waals surface area contributed by atoms with Crippen LogP contribution in [0, 0.1) is 0 Å². The minimum absolute atomic E-state index is 0.00396. The first kappa shape index (κ1) is 17.7. The number of benzene rings is 2. The van der Waals surface area contributed by atoms with Crippen molar-refractivity contribution in [3.8, 4) is 22.9 Å². The number of thioether (sulfide) groups is 1. The van der Waals surface area contributed by atoms with E-state index in [9.17, 15) is 0 Å². The van der Waals surface area contributed by atoms with Crippen LogP contribution in [0.4, 0.5) is 0 Å². The summed E-state index contributed by atoms with van der Waals surface area (Å²) in [4.78, 5) is 0. The first-order chi connectivity index (χ1) is 13.2. The second-order valence-corrected chi connectivity index (χ2v) is 7.20. The van der Waals surface area contributed by atoms with Crippen LogP contribution in [0.5, 0.6) is 11.5 Å². The largest absolute Gasteiger partial charge is 0.496 e. The van der Waals surface area contributed by atoms with Gasteiger partial charge in [0, 0.05) is 17.2 Å². The van der Waals surface area contributed by atoms with Crippen molar-refractivity contribution in [1.29, 1.82) is 0 Å². The van der Waals surface area contributed by atoms with Crippen LogP contribution < -0.4 is 14.9 Å². The van der Waals surface area contributed by atoms with E-state index in [1.54, 1.807) is 18.9 Å². The normalized spacial score (nSPS) is 15.3. The van der Waals surface area contributed by atoms with Gasteiger partial charge in [-0.25, -0.2) is 4.68 Å². The molecule has 7 heteroatoms. The third-order valence-corrected chi connectivity index (χ3v) is 5.58. The lowest BCUT2D eigenvalue weighted by Gasteiger charge is -2.19. The lowest BCUT2D eigenvalue weighted by Crippen LogP contribution is -2.15.